The second-order valence-corrected chi connectivity index (χ2v) is 5.89. The van der Waals surface area contributed by atoms with Crippen molar-refractivity contribution in [2.75, 3.05) is 12.4 Å². The molecule has 0 bridgehead atoms. The number of nitriles is 1. The molecular weight excluding hydrogens is 335 g/mol. The first-order valence-corrected chi connectivity index (χ1v) is 7.48. The lowest BCUT2D eigenvalue weighted by molar-refractivity contribution is -0.119. The number of carbonyl (C=O) groups excluding carboxylic acids is 1. The van der Waals surface area contributed by atoms with Crippen molar-refractivity contribution < 1.29 is 9.53 Å². The van der Waals surface area contributed by atoms with Crippen LogP contribution in [0.4, 0.5) is 5.69 Å². The average molecular weight is 349 g/mol. The van der Waals surface area contributed by atoms with Gasteiger partial charge in [-0.15, -0.1) is 0 Å². The summed E-state index contributed by atoms with van der Waals surface area (Å²) < 4.78 is 5.06. The van der Waals surface area contributed by atoms with Gasteiger partial charge in [0.2, 0.25) is 5.91 Å². The van der Waals surface area contributed by atoms with Gasteiger partial charge in [0.15, 0.2) is 5.41 Å². The van der Waals surface area contributed by atoms with Crippen molar-refractivity contribution in [3.05, 3.63) is 58.1 Å². The fourth-order valence-electron chi connectivity index (χ4n) is 2.03. The molecule has 0 aliphatic rings. The molecule has 2 rings (SSSR count). The van der Waals surface area contributed by atoms with E-state index < -0.39 is 11.3 Å². The number of amides is 1. The third-order valence-electron chi connectivity index (χ3n) is 3.51. The van der Waals surface area contributed by atoms with E-state index in [1.807, 2.05) is 0 Å². The fourth-order valence-corrected chi connectivity index (χ4v) is 2.41. The second kappa shape index (κ2) is 6.91. The number of carbonyl (C=O) groups is 1. The zero-order valence-electron chi connectivity index (χ0n) is 12.6. The number of nitrogens with one attached hydrogen (secondary N) is 1. The van der Waals surface area contributed by atoms with Gasteiger partial charge in [-0.2, -0.15) is 5.26 Å². The highest BCUT2D eigenvalue weighted by Gasteiger charge is 2.35. The summed E-state index contributed by atoms with van der Waals surface area (Å²) in [7, 11) is 1.51. The molecule has 0 unspecified atom stereocenters. The van der Waals surface area contributed by atoms with Gasteiger partial charge in [0, 0.05) is 10.7 Å². The van der Waals surface area contributed by atoms with Gasteiger partial charge >= 0.3 is 0 Å². The van der Waals surface area contributed by atoms with E-state index in [2.05, 4.69) is 11.4 Å². The topological polar surface area (TPSA) is 62.1 Å². The monoisotopic (exact) mass is 348 g/mol. The van der Waals surface area contributed by atoms with Crippen LogP contribution in [-0.2, 0) is 10.2 Å². The molecule has 0 heterocycles. The highest BCUT2D eigenvalue weighted by atomic mass is 35.5. The highest BCUT2D eigenvalue weighted by Crippen LogP contribution is 2.30. The molecule has 1 amide bonds. The molecule has 1 N–H and O–H groups in total. The Balaban J connectivity index is 2.28. The first kappa shape index (κ1) is 17.1. The molecule has 4 nitrogen and oxygen atoms in total. The largest absolute Gasteiger partial charge is 0.495 e. The highest BCUT2D eigenvalue weighted by molar-refractivity contribution is 6.32. The van der Waals surface area contributed by atoms with Crippen molar-refractivity contribution in [3.8, 4) is 11.8 Å². The lowest BCUT2D eigenvalue weighted by Gasteiger charge is -2.21. The van der Waals surface area contributed by atoms with Gasteiger partial charge in [0.1, 0.15) is 5.75 Å². The molecule has 0 saturated heterocycles. The summed E-state index contributed by atoms with van der Waals surface area (Å²) in [6.45, 7) is 1.55. The van der Waals surface area contributed by atoms with Crippen molar-refractivity contribution in [2.45, 2.75) is 12.3 Å². The van der Waals surface area contributed by atoms with Gasteiger partial charge in [-0.25, -0.2) is 0 Å². The summed E-state index contributed by atoms with van der Waals surface area (Å²) in [6.07, 6.45) is 0. The Kier molecular flexibility index (Phi) is 5.15. The van der Waals surface area contributed by atoms with Crippen LogP contribution in [0.5, 0.6) is 5.75 Å². The van der Waals surface area contributed by atoms with Crippen LogP contribution in [0.15, 0.2) is 42.5 Å². The molecule has 2 aromatic carbocycles. The van der Waals surface area contributed by atoms with E-state index in [1.165, 1.54) is 7.11 Å². The van der Waals surface area contributed by atoms with Crippen LogP contribution in [0.25, 0.3) is 0 Å². The predicted molar refractivity (Wildman–Crippen MR) is 91.1 cm³/mol. The van der Waals surface area contributed by atoms with E-state index in [0.717, 1.165) is 0 Å². The smallest absolute Gasteiger partial charge is 0.249 e. The Morgan fingerprint density at radius 3 is 2.39 bits per heavy atom. The lowest BCUT2D eigenvalue weighted by Crippen LogP contribution is -2.36. The standard InChI is InChI=1S/C17H14Cl2N2O2/c1-17(10-20,11-3-5-12(18)6-4-11)16(22)21-13-7-8-15(23-2)14(19)9-13/h3-9H,1-2H3,(H,21,22)/t17-/m1/s1. The van der Waals surface area contributed by atoms with Gasteiger partial charge in [0.25, 0.3) is 0 Å². The Morgan fingerprint density at radius 2 is 1.87 bits per heavy atom. The van der Waals surface area contributed by atoms with E-state index in [9.17, 15) is 10.1 Å². The third kappa shape index (κ3) is 3.58. The van der Waals surface area contributed by atoms with Gasteiger partial charge in [-0.1, -0.05) is 35.3 Å². The summed E-state index contributed by atoms with van der Waals surface area (Å²) in [5, 5.41) is 13.1. The van der Waals surface area contributed by atoms with Crippen LogP contribution < -0.4 is 10.1 Å². The number of anilines is 1. The Labute approximate surface area is 144 Å². The number of rotatable bonds is 4. The molecule has 6 heteroatoms. The van der Waals surface area contributed by atoms with E-state index in [-0.39, 0.29) is 0 Å². The lowest BCUT2D eigenvalue weighted by atomic mass is 9.83. The molecule has 0 saturated carbocycles. The van der Waals surface area contributed by atoms with Gasteiger partial charge < -0.3 is 10.1 Å². The molecule has 0 spiro atoms. The minimum atomic E-state index is -1.35. The van der Waals surface area contributed by atoms with Crippen LogP contribution >= 0.6 is 23.2 Å². The molecule has 23 heavy (non-hydrogen) atoms. The van der Waals surface area contributed by atoms with E-state index >= 15 is 0 Å². The maximum atomic E-state index is 12.6. The SMILES string of the molecule is COc1ccc(NC(=O)[C@](C)(C#N)c2ccc(Cl)cc2)cc1Cl. The van der Waals surface area contributed by atoms with Crippen LogP contribution in [0.1, 0.15) is 12.5 Å². The van der Waals surface area contributed by atoms with Crippen molar-refractivity contribution in [2.24, 2.45) is 0 Å². The first-order chi connectivity index (χ1) is 10.9. The average Bonchev–Trinajstić information content (AvgIpc) is 2.55. The predicted octanol–water partition coefficient (Wildman–Crippen LogP) is 4.42. The van der Waals surface area contributed by atoms with E-state index in [1.54, 1.807) is 49.4 Å². The number of benzene rings is 2. The Hall–Kier alpha value is -2.22. The molecule has 118 valence electrons. The molecular formula is C17H14Cl2N2O2. The van der Waals surface area contributed by atoms with Crippen LogP contribution in [-0.4, -0.2) is 13.0 Å². The van der Waals surface area contributed by atoms with Crippen molar-refractivity contribution >= 4 is 34.8 Å². The van der Waals surface area contributed by atoms with Gasteiger partial charge in [-0.05, 0) is 42.8 Å². The number of ether oxygens (including phenoxy) is 1. The zero-order valence-corrected chi connectivity index (χ0v) is 14.1. The molecule has 0 aliphatic heterocycles. The van der Waals surface area contributed by atoms with Crippen molar-refractivity contribution in [1.82, 2.24) is 0 Å². The van der Waals surface area contributed by atoms with Crippen molar-refractivity contribution in [3.63, 3.8) is 0 Å². The van der Waals surface area contributed by atoms with Crippen molar-refractivity contribution in [1.29, 1.82) is 5.26 Å². The minimum absolute atomic E-state index is 0.371. The van der Waals surface area contributed by atoms with Crippen LogP contribution in [0.2, 0.25) is 10.0 Å². The Morgan fingerprint density at radius 1 is 1.22 bits per heavy atom. The summed E-state index contributed by atoms with van der Waals surface area (Å²) in [5.74, 6) is 0.0500. The minimum Gasteiger partial charge on any atom is -0.495 e. The Bertz CT molecular complexity index is 769. The van der Waals surface area contributed by atoms with Gasteiger partial charge in [0.05, 0.1) is 18.2 Å². The normalized spacial score (nSPS) is 12.8. The number of hydrogen-bond donors (Lipinski definition) is 1. The van der Waals surface area contributed by atoms with Crippen LogP contribution in [0.3, 0.4) is 0 Å². The van der Waals surface area contributed by atoms with E-state index in [4.69, 9.17) is 27.9 Å². The fraction of sp³-hybridized carbons (Fsp3) is 0.176. The number of hydrogen-bond acceptors (Lipinski definition) is 3. The summed E-state index contributed by atoms with van der Waals surface area (Å²) in [6, 6.07) is 13.5. The molecule has 1 atom stereocenters. The zero-order chi connectivity index (χ0) is 17.0. The second-order valence-electron chi connectivity index (χ2n) is 5.05. The number of nitrogens with zero attached hydrogens (tertiary/aromatic N) is 1. The summed E-state index contributed by atoms with van der Waals surface area (Å²) in [4.78, 5) is 12.6. The van der Waals surface area contributed by atoms with Crippen LogP contribution in [0, 0.1) is 11.3 Å². The molecule has 2 aromatic rings. The molecule has 0 aliphatic carbocycles. The molecule has 0 radical (unpaired) electrons. The molecule has 0 aromatic heterocycles. The summed E-state index contributed by atoms with van der Waals surface area (Å²) in [5.41, 5.74) is -0.311. The third-order valence-corrected chi connectivity index (χ3v) is 4.06. The maximum absolute atomic E-state index is 12.6. The number of methoxy groups -OCH3 is 1. The first-order valence-electron chi connectivity index (χ1n) is 6.73. The van der Waals surface area contributed by atoms with E-state index in [0.29, 0.717) is 27.0 Å². The molecule has 0 fully saturated rings. The quantitative estimate of drug-likeness (QED) is 0.889. The number of halogens is 2. The maximum Gasteiger partial charge on any atom is 0.249 e. The van der Waals surface area contributed by atoms with Gasteiger partial charge in [-0.3, -0.25) is 4.79 Å². The summed E-state index contributed by atoms with van der Waals surface area (Å²) >= 11 is 11.9.